The molecule has 1 aliphatic carbocycles. The van der Waals surface area contributed by atoms with Gasteiger partial charge in [-0.25, -0.2) is 0 Å². The van der Waals surface area contributed by atoms with Crippen LogP contribution in [0.25, 0.3) is 0 Å². The molecule has 1 aliphatic rings. The Morgan fingerprint density at radius 3 is 2.42 bits per heavy atom. The minimum atomic E-state index is -0.192. The molecule has 0 radical (unpaired) electrons. The van der Waals surface area contributed by atoms with Gasteiger partial charge in [-0.15, -0.1) is 0 Å². The number of rotatable bonds is 0. The fourth-order valence-corrected chi connectivity index (χ4v) is 1.72. The van der Waals surface area contributed by atoms with Crippen molar-refractivity contribution in [2.45, 2.75) is 46.6 Å². The van der Waals surface area contributed by atoms with Gasteiger partial charge in [0.2, 0.25) is 0 Å². The summed E-state index contributed by atoms with van der Waals surface area (Å²) in [5.74, 6) is 0.635. The van der Waals surface area contributed by atoms with Crippen LogP contribution in [0.3, 0.4) is 0 Å². The minimum Gasteiger partial charge on any atom is -0.389 e. The monoisotopic (exact) mass is 168 g/mol. The Labute approximate surface area is 75.5 Å². The van der Waals surface area contributed by atoms with Crippen LogP contribution >= 0.6 is 0 Å². The zero-order valence-corrected chi connectivity index (χ0v) is 8.59. The molecule has 0 saturated heterocycles. The summed E-state index contributed by atoms with van der Waals surface area (Å²) in [4.78, 5) is 0. The highest BCUT2D eigenvalue weighted by Crippen LogP contribution is 2.36. The molecule has 0 amide bonds. The smallest absolute Gasteiger partial charge is 0.0750 e. The first-order chi connectivity index (χ1) is 5.41. The van der Waals surface area contributed by atoms with Crippen molar-refractivity contribution in [2.75, 3.05) is 0 Å². The third kappa shape index (κ3) is 2.10. The molecule has 0 heterocycles. The normalized spacial score (nSPS) is 31.6. The second-order valence-electron chi connectivity index (χ2n) is 5.00. The molecule has 0 spiro atoms. The molecule has 1 nitrogen and oxygen atoms in total. The maximum Gasteiger partial charge on any atom is 0.0750 e. The van der Waals surface area contributed by atoms with Crippen LogP contribution in [0, 0.1) is 11.3 Å². The average Bonchev–Trinajstić information content (AvgIpc) is 1.92. The first-order valence-electron chi connectivity index (χ1n) is 4.76. The van der Waals surface area contributed by atoms with Crippen LogP contribution in [0.1, 0.15) is 40.5 Å². The van der Waals surface area contributed by atoms with Crippen molar-refractivity contribution in [3.8, 4) is 0 Å². The molecule has 0 unspecified atom stereocenters. The molecule has 0 aliphatic heterocycles. The zero-order valence-electron chi connectivity index (χ0n) is 8.59. The summed E-state index contributed by atoms with van der Waals surface area (Å²) in [6.45, 7) is 8.76. The zero-order chi connectivity index (χ0) is 9.35. The van der Waals surface area contributed by atoms with Crippen LogP contribution in [0.5, 0.6) is 0 Å². The van der Waals surface area contributed by atoms with E-state index in [0.717, 1.165) is 18.4 Å². The van der Waals surface area contributed by atoms with E-state index in [-0.39, 0.29) is 6.10 Å². The molecule has 1 rings (SSSR count). The van der Waals surface area contributed by atoms with Crippen molar-refractivity contribution in [2.24, 2.45) is 11.3 Å². The summed E-state index contributed by atoms with van der Waals surface area (Å²) < 4.78 is 0. The molecule has 0 fully saturated rings. The third-order valence-corrected chi connectivity index (χ3v) is 2.98. The van der Waals surface area contributed by atoms with Gasteiger partial charge >= 0.3 is 0 Å². The predicted octanol–water partition coefficient (Wildman–Crippen LogP) is 2.75. The topological polar surface area (TPSA) is 20.2 Å². The lowest BCUT2D eigenvalue weighted by molar-refractivity contribution is 0.116. The molecule has 0 saturated carbocycles. The van der Waals surface area contributed by atoms with Crippen molar-refractivity contribution < 1.29 is 5.11 Å². The van der Waals surface area contributed by atoms with E-state index in [0.29, 0.717) is 11.3 Å². The van der Waals surface area contributed by atoms with Gasteiger partial charge in [-0.3, -0.25) is 0 Å². The van der Waals surface area contributed by atoms with E-state index in [1.165, 1.54) is 0 Å². The Bertz CT molecular complexity index is 186. The summed E-state index contributed by atoms with van der Waals surface area (Å²) >= 11 is 0. The van der Waals surface area contributed by atoms with Crippen LogP contribution < -0.4 is 0 Å². The van der Waals surface area contributed by atoms with Gasteiger partial charge < -0.3 is 5.11 Å². The Morgan fingerprint density at radius 1 is 1.42 bits per heavy atom. The Kier molecular flexibility index (Phi) is 2.62. The van der Waals surface area contributed by atoms with Gasteiger partial charge in [0.05, 0.1) is 6.10 Å². The summed E-state index contributed by atoms with van der Waals surface area (Å²) in [5, 5.41) is 9.64. The molecular formula is C11H20O. The van der Waals surface area contributed by atoms with Gasteiger partial charge in [-0.1, -0.05) is 26.8 Å². The van der Waals surface area contributed by atoms with Crippen molar-refractivity contribution >= 4 is 0 Å². The third-order valence-electron chi connectivity index (χ3n) is 2.98. The van der Waals surface area contributed by atoms with E-state index in [4.69, 9.17) is 0 Å². The van der Waals surface area contributed by atoms with Crippen molar-refractivity contribution in [3.05, 3.63) is 11.6 Å². The van der Waals surface area contributed by atoms with E-state index in [9.17, 15) is 5.11 Å². The fourth-order valence-electron chi connectivity index (χ4n) is 1.72. The summed E-state index contributed by atoms with van der Waals surface area (Å²) in [6, 6.07) is 0. The molecule has 0 aromatic rings. The van der Waals surface area contributed by atoms with E-state index < -0.39 is 0 Å². The van der Waals surface area contributed by atoms with E-state index >= 15 is 0 Å². The van der Waals surface area contributed by atoms with Crippen LogP contribution in [-0.4, -0.2) is 11.2 Å². The minimum absolute atomic E-state index is 0.192. The maximum absolute atomic E-state index is 9.64. The Hall–Kier alpha value is -0.300. The Balaban J connectivity index is 2.65. The van der Waals surface area contributed by atoms with Crippen molar-refractivity contribution in [1.82, 2.24) is 0 Å². The van der Waals surface area contributed by atoms with E-state index in [1.54, 1.807) is 0 Å². The number of hydrogen-bond donors (Lipinski definition) is 1. The van der Waals surface area contributed by atoms with Crippen LogP contribution in [0.2, 0.25) is 0 Å². The highest BCUT2D eigenvalue weighted by molar-refractivity contribution is 5.10. The second-order valence-corrected chi connectivity index (χ2v) is 5.00. The Morgan fingerprint density at radius 2 is 2.00 bits per heavy atom. The molecule has 2 atom stereocenters. The first kappa shape index (κ1) is 9.79. The molecule has 12 heavy (non-hydrogen) atoms. The van der Waals surface area contributed by atoms with Gasteiger partial charge in [0, 0.05) is 0 Å². The van der Waals surface area contributed by atoms with E-state index in [2.05, 4.69) is 26.8 Å². The lowest BCUT2D eigenvalue weighted by atomic mass is 9.72. The molecule has 70 valence electrons. The lowest BCUT2D eigenvalue weighted by Gasteiger charge is -2.35. The molecule has 1 N–H and O–H groups in total. The SMILES string of the molecule is CC1=CC[C@H](C(C)(C)C)C[C@H]1O. The van der Waals surface area contributed by atoms with Gasteiger partial charge in [0.25, 0.3) is 0 Å². The van der Waals surface area contributed by atoms with Gasteiger partial charge in [0.1, 0.15) is 0 Å². The lowest BCUT2D eigenvalue weighted by Crippen LogP contribution is -2.28. The van der Waals surface area contributed by atoms with Gasteiger partial charge in [0.15, 0.2) is 0 Å². The highest BCUT2D eigenvalue weighted by atomic mass is 16.3. The maximum atomic E-state index is 9.64. The first-order valence-corrected chi connectivity index (χ1v) is 4.76. The standard InChI is InChI=1S/C11H20O/c1-8-5-6-9(7-10(8)12)11(2,3)4/h5,9-10,12H,6-7H2,1-4H3/t9-,10+/m0/s1. The number of hydrogen-bond acceptors (Lipinski definition) is 1. The highest BCUT2D eigenvalue weighted by Gasteiger charge is 2.29. The number of aliphatic hydroxyl groups is 1. The van der Waals surface area contributed by atoms with Crippen LogP contribution in [-0.2, 0) is 0 Å². The molecule has 0 bridgehead atoms. The molecule has 0 aromatic carbocycles. The predicted molar refractivity (Wildman–Crippen MR) is 51.9 cm³/mol. The van der Waals surface area contributed by atoms with Crippen LogP contribution in [0.4, 0.5) is 0 Å². The van der Waals surface area contributed by atoms with E-state index in [1.807, 2.05) is 6.92 Å². The molecule has 1 heteroatoms. The van der Waals surface area contributed by atoms with Gasteiger partial charge in [-0.2, -0.15) is 0 Å². The fraction of sp³-hybridized carbons (Fsp3) is 0.818. The second kappa shape index (κ2) is 3.21. The summed E-state index contributed by atoms with van der Waals surface area (Å²) in [5.41, 5.74) is 1.48. The largest absolute Gasteiger partial charge is 0.389 e. The van der Waals surface area contributed by atoms with Crippen molar-refractivity contribution in [3.63, 3.8) is 0 Å². The quantitative estimate of drug-likeness (QED) is 0.551. The molecular weight excluding hydrogens is 148 g/mol. The van der Waals surface area contributed by atoms with Gasteiger partial charge in [-0.05, 0) is 36.7 Å². The number of aliphatic hydroxyl groups excluding tert-OH is 1. The van der Waals surface area contributed by atoms with Crippen molar-refractivity contribution in [1.29, 1.82) is 0 Å². The molecule has 0 aromatic heterocycles. The average molecular weight is 168 g/mol. The number of allylic oxidation sites excluding steroid dienone is 1. The summed E-state index contributed by atoms with van der Waals surface area (Å²) in [7, 11) is 0. The summed E-state index contributed by atoms with van der Waals surface area (Å²) in [6.07, 6.45) is 4.06. The van der Waals surface area contributed by atoms with Crippen LogP contribution in [0.15, 0.2) is 11.6 Å².